The van der Waals surface area contributed by atoms with Crippen LogP contribution in [0, 0.1) is 0 Å². The average Bonchev–Trinajstić information content (AvgIpc) is 2.27. The van der Waals surface area contributed by atoms with Crippen LogP contribution < -0.4 is 5.14 Å². The average molecular weight is 277 g/mol. The van der Waals surface area contributed by atoms with Crippen LogP contribution in [0.25, 0.3) is 0 Å². The van der Waals surface area contributed by atoms with Gasteiger partial charge in [-0.15, -0.1) is 0 Å². The lowest BCUT2D eigenvalue weighted by atomic mass is 10.0. The summed E-state index contributed by atoms with van der Waals surface area (Å²) < 4.78 is 22.6. The number of hydrogen-bond acceptors (Lipinski definition) is 5. The highest BCUT2D eigenvalue weighted by molar-refractivity contribution is 7.89. The van der Waals surface area contributed by atoms with E-state index < -0.39 is 22.2 Å². The first-order valence-corrected chi connectivity index (χ1v) is 7.14. The monoisotopic (exact) mass is 277 g/mol. The predicted molar refractivity (Wildman–Crippen MR) is 67.3 cm³/mol. The molecule has 1 aromatic rings. The molecule has 0 spiro atoms. The Kier molecular flexibility index (Phi) is 4.96. The predicted octanol–water partition coefficient (Wildman–Crippen LogP) is 0.0482. The lowest BCUT2D eigenvalue weighted by Crippen LogP contribution is -2.23. The number of aliphatic hydroxyl groups excluding tert-OH is 2. The molecule has 0 saturated heterocycles. The van der Waals surface area contributed by atoms with Crippen LogP contribution in [-0.4, -0.2) is 30.5 Å². The standard InChI is InChI=1S/C10H15NO4S2/c11-17(14,15)9-4-2-1-3-7(9)10(13)8(12)5-6-16/h1-4,8,10,12-13,16H,5-6H2,(H2,11,14,15). The first kappa shape index (κ1) is 14.5. The molecule has 0 radical (unpaired) electrons. The molecule has 5 nitrogen and oxygen atoms in total. The van der Waals surface area contributed by atoms with Crippen molar-refractivity contribution in [3.8, 4) is 0 Å². The number of aliphatic hydroxyl groups is 2. The Labute approximate surface area is 106 Å². The van der Waals surface area contributed by atoms with Crippen molar-refractivity contribution in [1.29, 1.82) is 0 Å². The summed E-state index contributed by atoms with van der Waals surface area (Å²) in [5, 5.41) is 24.5. The SMILES string of the molecule is NS(=O)(=O)c1ccccc1C(O)C(O)CCS. The molecule has 2 atom stereocenters. The summed E-state index contributed by atoms with van der Waals surface area (Å²) in [6, 6.07) is 5.79. The molecule has 0 bridgehead atoms. The molecule has 1 aromatic carbocycles. The molecule has 7 heteroatoms. The van der Waals surface area contributed by atoms with Crippen molar-refractivity contribution in [1.82, 2.24) is 0 Å². The van der Waals surface area contributed by atoms with E-state index in [0.29, 0.717) is 5.75 Å². The van der Waals surface area contributed by atoms with Gasteiger partial charge in [-0.2, -0.15) is 12.6 Å². The molecule has 96 valence electrons. The van der Waals surface area contributed by atoms with Crippen LogP contribution in [0.1, 0.15) is 18.1 Å². The Morgan fingerprint density at radius 1 is 1.29 bits per heavy atom. The smallest absolute Gasteiger partial charge is 0.238 e. The number of nitrogens with two attached hydrogens (primary N) is 1. The summed E-state index contributed by atoms with van der Waals surface area (Å²) in [6.07, 6.45) is -2.12. The summed E-state index contributed by atoms with van der Waals surface area (Å²) in [4.78, 5) is -0.175. The number of primary sulfonamides is 1. The van der Waals surface area contributed by atoms with E-state index in [9.17, 15) is 18.6 Å². The molecule has 0 heterocycles. The van der Waals surface area contributed by atoms with E-state index >= 15 is 0 Å². The molecule has 0 aliphatic heterocycles. The fourth-order valence-corrected chi connectivity index (χ4v) is 2.53. The summed E-state index contributed by atoms with van der Waals surface area (Å²) >= 11 is 3.94. The van der Waals surface area contributed by atoms with Gasteiger partial charge in [-0.25, -0.2) is 13.6 Å². The number of sulfonamides is 1. The Balaban J connectivity index is 3.14. The van der Waals surface area contributed by atoms with E-state index in [4.69, 9.17) is 5.14 Å². The van der Waals surface area contributed by atoms with Gasteiger partial charge >= 0.3 is 0 Å². The van der Waals surface area contributed by atoms with Gasteiger partial charge in [0.2, 0.25) is 10.0 Å². The molecular weight excluding hydrogens is 262 g/mol. The Hall–Kier alpha value is -0.600. The van der Waals surface area contributed by atoms with Crippen LogP contribution in [0.4, 0.5) is 0 Å². The van der Waals surface area contributed by atoms with E-state index in [0.717, 1.165) is 0 Å². The molecule has 0 aliphatic rings. The van der Waals surface area contributed by atoms with Crippen molar-refractivity contribution in [2.45, 2.75) is 23.5 Å². The number of benzene rings is 1. The highest BCUT2D eigenvalue weighted by Gasteiger charge is 2.24. The minimum absolute atomic E-state index is 0.101. The Bertz CT molecular complexity index is 475. The van der Waals surface area contributed by atoms with Crippen LogP contribution in [-0.2, 0) is 10.0 Å². The third kappa shape index (κ3) is 3.68. The number of hydrogen-bond donors (Lipinski definition) is 4. The lowest BCUT2D eigenvalue weighted by Gasteiger charge is -2.19. The summed E-state index contributed by atoms with van der Waals surface area (Å²) in [7, 11) is -3.92. The second kappa shape index (κ2) is 5.83. The fourth-order valence-electron chi connectivity index (χ4n) is 1.48. The fraction of sp³-hybridized carbons (Fsp3) is 0.400. The molecule has 0 aromatic heterocycles. The minimum Gasteiger partial charge on any atom is -0.390 e. The van der Waals surface area contributed by atoms with Gasteiger partial charge in [0, 0.05) is 5.56 Å². The zero-order valence-corrected chi connectivity index (χ0v) is 10.7. The van der Waals surface area contributed by atoms with E-state index in [1.165, 1.54) is 18.2 Å². The molecule has 0 fully saturated rings. The van der Waals surface area contributed by atoms with Crippen molar-refractivity contribution in [3.05, 3.63) is 29.8 Å². The quantitative estimate of drug-likeness (QED) is 0.571. The second-order valence-corrected chi connectivity index (χ2v) is 5.58. The van der Waals surface area contributed by atoms with Gasteiger partial charge in [-0.3, -0.25) is 0 Å². The summed E-state index contributed by atoms with van der Waals surface area (Å²) in [5.74, 6) is 0.385. The van der Waals surface area contributed by atoms with E-state index in [1.54, 1.807) is 6.07 Å². The van der Waals surface area contributed by atoms with Gasteiger partial charge in [-0.05, 0) is 18.2 Å². The zero-order chi connectivity index (χ0) is 13.1. The summed E-state index contributed by atoms with van der Waals surface area (Å²) in [5.41, 5.74) is 0.101. The van der Waals surface area contributed by atoms with Gasteiger partial charge < -0.3 is 10.2 Å². The zero-order valence-electron chi connectivity index (χ0n) is 9.02. The number of thiol groups is 1. The van der Waals surface area contributed by atoms with Gasteiger partial charge in [0.25, 0.3) is 0 Å². The topological polar surface area (TPSA) is 101 Å². The Morgan fingerprint density at radius 3 is 2.41 bits per heavy atom. The van der Waals surface area contributed by atoms with E-state index in [-0.39, 0.29) is 16.9 Å². The largest absolute Gasteiger partial charge is 0.390 e. The number of rotatable bonds is 5. The lowest BCUT2D eigenvalue weighted by molar-refractivity contribution is 0.0156. The maximum atomic E-state index is 11.3. The third-order valence-corrected chi connectivity index (χ3v) is 3.58. The normalized spacial score (nSPS) is 15.5. The van der Waals surface area contributed by atoms with Crippen molar-refractivity contribution < 1.29 is 18.6 Å². The molecule has 4 N–H and O–H groups in total. The molecule has 0 amide bonds. The van der Waals surface area contributed by atoms with Crippen LogP contribution in [0.15, 0.2) is 29.2 Å². The van der Waals surface area contributed by atoms with Crippen LogP contribution in [0.3, 0.4) is 0 Å². The molecule has 0 aliphatic carbocycles. The van der Waals surface area contributed by atoms with Crippen molar-refractivity contribution in [2.24, 2.45) is 5.14 Å². The van der Waals surface area contributed by atoms with Crippen molar-refractivity contribution in [3.63, 3.8) is 0 Å². The third-order valence-electron chi connectivity index (χ3n) is 2.33. The maximum absolute atomic E-state index is 11.3. The first-order valence-electron chi connectivity index (χ1n) is 4.96. The minimum atomic E-state index is -3.92. The van der Waals surface area contributed by atoms with Crippen LogP contribution in [0.5, 0.6) is 0 Å². The van der Waals surface area contributed by atoms with Crippen molar-refractivity contribution >= 4 is 22.7 Å². The van der Waals surface area contributed by atoms with E-state index in [1.807, 2.05) is 0 Å². The van der Waals surface area contributed by atoms with Crippen LogP contribution in [0.2, 0.25) is 0 Å². The van der Waals surface area contributed by atoms with Crippen LogP contribution >= 0.6 is 12.6 Å². The maximum Gasteiger partial charge on any atom is 0.238 e. The van der Waals surface area contributed by atoms with Gasteiger partial charge in [-0.1, -0.05) is 18.2 Å². The highest BCUT2D eigenvalue weighted by Crippen LogP contribution is 2.25. The van der Waals surface area contributed by atoms with Gasteiger partial charge in [0.05, 0.1) is 11.0 Å². The molecule has 2 unspecified atom stereocenters. The van der Waals surface area contributed by atoms with Gasteiger partial charge in [0.1, 0.15) is 6.10 Å². The van der Waals surface area contributed by atoms with E-state index in [2.05, 4.69) is 12.6 Å². The molecular formula is C10H15NO4S2. The molecule has 17 heavy (non-hydrogen) atoms. The summed E-state index contributed by atoms with van der Waals surface area (Å²) in [6.45, 7) is 0. The van der Waals surface area contributed by atoms with Gasteiger partial charge in [0.15, 0.2) is 0 Å². The Morgan fingerprint density at radius 2 is 1.88 bits per heavy atom. The highest BCUT2D eigenvalue weighted by atomic mass is 32.2. The second-order valence-electron chi connectivity index (χ2n) is 3.61. The van der Waals surface area contributed by atoms with Crippen molar-refractivity contribution in [2.75, 3.05) is 5.75 Å². The molecule has 0 saturated carbocycles. The molecule has 1 rings (SSSR count). The first-order chi connectivity index (χ1) is 7.88.